The van der Waals surface area contributed by atoms with Gasteiger partial charge >= 0.3 is 0 Å². The van der Waals surface area contributed by atoms with Gasteiger partial charge in [-0.2, -0.15) is 0 Å². The van der Waals surface area contributed by atoms with E-state index in [0.717, 1.165) is 6.54 Å². The van der Waals surface area contributed by atoms with Gasteiger partial charge in [0.2, 0.25) is 0 Å². The van der Waals surface area contributed by atoms with Gasteiger partial charge < -0.3 is 10.3 Å². The number of hydrogen-bond donors (Lipinski definition) is 1. The van der Waals surface area contributed by atoms with Gasteiger partial charge in [-0.25, -0.2) is 0 Å². The standard InChI is InChI=1S/C18H20N2/c1-13-6-7-14(2)17(10-13)12-20-9-8-15-4-3-5-16(11-19)18(15)20/h3-10H,11-12,19H2,1-2H3. The Morgan fingerprint density at radius 1 is 1.00 bits per heavy atom. The first-order valence-corrected chi connectivity index (χ1v) is 7.02. The van der Waals surface area contributed by atoms with E-state index >= 15 is 0 Å². The van der Waals surface area contributed by atoms with Crippen molar-refractivity contribution in [3.8, 4) is 0 Å². The van der Waals surface area contributed by atoms with Gasteiger partial charge in [0.1, 0.15) is 0 Å². The molecule has 0 aliphatic carbocycles. The molecule has 102 valence electrons. The van der Waals surface area contributed by atoms with E-state index in [0.29, 0.717) is 6.54 Å². The van der Waals surface area contributed by atoms with Crippen LogP contribution in [0.2, 0.25) is 0 Å². The SMILES string of the molecule is Cc1ccc(C)c(Cn2ccc3cccc(CN)c32)c1. The maximum Gasteiger partial charge on any atom is 0.0528 e. The molecular formula is C18H20N2. The van der Waals surface area contributed by atoms with Crippen molar-refractivity contribution in [1.82, 2.24) is 4.57 Å². The summed E-state index contributed by atoms with van der Waals surface area (Å²) in [6, 6.07) is 15.1. The van der Waals surface area contributed by atoms with Crippen LogP contribution < -0.4 is 5.73 Å². The highest BCUT2D eigenvalue weighted by Gasteiger charge is 2.07. The van der Waals surface area contributed by atoms with Crippen LogP contribution in [0.1, 0.15) is 22.3 Å². The molecule has 0 saturated heterocycles. The number of benzene rings is 2. The van der Waals surface area contributed by atoms with Gasteiger partial charge in [-0.15, -0.1) is 0 Å². The number of rotatable bonds is 3. The summed E-state index contributed by atoms with van der Waals surface area (Å²) in [6.07, 6.45) is 2.16. The average molecular weight is 264 g/mol. The Morgan fingerprint density at radius 3 is 2.65 bits per heavy atom. The van der Waals surface area contributed by atoms with Crippen molar-refractivity contribution in [2.45, 2.75) is 26.9 Å². The van der Waals surface area contributed by atoms with Gasteiger partial charge in [0.25, 0.3) is 0 Å². The van der Waals surface area contributed by atoms with Crippen molar-refractivity contribution in [2.75, 3.05) is 0 Å². The smallest absolute Gasteiger partial charge is 0.0528 e. The topological polar surface area (TPSA) is 30.9 Å². The number of aryl methyl sites for hydroxylation is 2. The molecule has 0 aliphatic heterocycles. The van der Waals surface area contributed by atoms with E-state index in [-0.39, 0.29) is 0 Å². The second-order valence-corrected chi connectivity index (χ2v) is 5.43. The van der Waals surface area contributed by atoms with E-state index in [2.05, 4.69) is 67.1 Å². The molecule has 1 heterocycles. The molecule has 0 unspecified atom stereocenters. The zero-order valence-electron chi connectivity index (χ0n) is 12.1. The third-order valence-electron chi connectivity index (χ3n) is 3.94. The van der Waals surface area contributed by atoms with Crippen LogP contribution in [0.25, 0.3) is 10.9 Å². The van der Waals surface area contributed by atoms with Crippen LogP contribution in [0.4, 0.5) is 0 Å². The lowest BCUT2D eigenvalue weighted by Gasteiger charge is -2.12. The highest BCUT2D eigenvalue weighted by molar-refractivity contribution is 5.83. The summed E-state index contributed by atoms with van der Waals surface area (Å²) < 4.78 is 2.30. The summed E-state index contributed by atoms with van der Waals surface area (Å²) in [5, 5.41) is 1.26. The zero-order valence-corrected chi connectivity index (χ0v) is 12.1. The molecule has 0 saturated carbocycles. The summed E-state index contributed by atoms with van der Waals surface area (Å²) in [4.78, 5) is 0. The fraction of sp³-hybridized carbons (Fsp3) is 0.222. The van der Waals surface area contributed by atoms with Crippen LogP contribution in [0.3, 0.4) is 0 Å². The van der Waals surface area contributed by atoms with Gasteiger partial charge in [0.05, 0.1) is 5.52 Å². The fourth-order valence-corrected chi connectivity index (χ4v) is 2.79. The lowest BCUT2D eigenvalue weighted by atomic mass is 10.1. The van der Waals surface area contributed by atoms with Crippen molar-refractivity contribution >= 4 is 10.9 Å². The van der Waals surface area contributed by atoms with Crippen LogP contribution in [0.15, 0.2) is 48.7 Å². The van der Waals surface area contributed by atoms with Crippen LogP contribution in [-0.2, 0) is 13.1 Å². The summed E-state index contributed by atoms with van der Waals surface area (Å²) >= 11 is 0. The number of para-hydroxylation sites is 1. The Hall–Kier alpha value is -2.06. The second-order valence-electron chi connectivity index (χ2n) is 5.43. The summed E-state index contributed by atoms with van der Waals surface area (Å²) in [6.45, 7) is 5.79. The van der Waals surface area contributed by atoms with Crippen molar-refractivity contribution in [2.24, 2.45) is 5.73 Å². The Bertz CT molecular complexity index is 753. The predicted octanol–water partition coefficient (Wildman–Crippen LogP) is 3.77. The minimum absolute atomic E-state index is 0.578. The van der Waals surface area contributed by atoms with E-state index in [1.54, 1.807) is 0 Å². The van der Waals surface area contributed by atoms with Gasteiger partial charge in [-0.05, 0) is 42.0 Å². The fourth-order valence-electron chi connectivity index (χ4n) is 2.79. The number of hydrogen-bond acceptors (Lipinski definition) is 1. The minimum Gasteiger partial charge on any atom is -0.343 e. The lowest BCUT2D eigenvalue weighted by Crippen LogP contribution is -2.04. The first-order chi connectivity index (χ1) is 9.69. The molecule has 0 fully saturated rings. The first kappa shape index (κ1) is 12.9. The van der Waals surface area contributed by atoms with Gasteiger partial charge in [-0.1, -0.05) is 42.0 Å². The van der Waals surface area contributed by atoms with E-state index in [9.17, 15) is 0 Å². The maximum atomic E-state index is 5.88. The number of nitrogens with two attached hydrogens (primary N) is 1. The predicted molar refractivity (Wildman–Crippen MR) is 84.8 cm³/mol. The average Bonchev–Trinajstić information content (AvgIpc) is 2.86. The third kappa shape index (κ3) is 2.23. The van der Waals surface area contributed by atoms with Crippen molar-refractivity contribution < 1.29 is 0 Å². The quantitative estimate of drug-likeness (QED) is 0.767. The second kappa shape index (κ2) is 5.14. The van der Waals surface area contributed by atoms with E-state index in [1.807, 2.05) is 0 Å². The molecule has 0 atom stereocenters. The maximum absolute atomic E-state index is 5.88. The normalized spacial score (nSPS) is 11.2. The Labute approximate surface area is 119 Å². The van der Waals surface area contributed by atoms with E-state index < -0.39 is 0 Å². The first-order valence-electron chi connectivity index (χ1n) is 7.02. The van der Waals surface area contributed by atoms with Crippen molar-refractivity contribution in [3.05, 3.63) is 70.9 Å². The van der Waals surface area contributed by atoms with E-state index in [4.69, 9.17) is 5.73 Å². The van der Waals surface area contributed by atoms with Gasteiger partial charge in [0.15, 0.2) is 0 Å². The third-order valence-corrected chi connectivity index (χ3v) is 3.94. The molecule has 2 aromatic carbocycles. The number of fused-ring (bicyclic) bond motifs is 1. The van der Waals surface area contributed by atoms with Crippen LogP contribution in [-0.4, -0.2) is 4.57 Å². The summed E-state index contributed by atoms with van der Waals surface area (Å²) in [7, 11) is 0. The Morgan fingerprint density at radius 2 is 1.85 bits per heavy atom. The largest absolute Gasteiger partial charge is 0.343 e. The zero-order chi connectivity index (χ0) is 14.1. The number of nitrogens with zero attached hydrogens (tertiary/aromatic N) is 1. The molecule has 3 rings (SSSR count). The molecule has 1 aromatic heterocycles. The van der Waals surface area contributed by atoms with Crippen molar-refractivity contribution in [1.29, 1.82) is 0 Å². The summed E-state index contributed by atoms with van der Waals surface area (Å²) in [5.74, 6) is 0. The highest BCUT2D eigenvalue weighted by Crippen LogP contribution is 2.22. The van der Waals surface area contributed by atoms with Gasteiger partial charge in [-0.3, -0.25) is 0 Å². The highest BCUT2D eigenvalue weighted by atomic mass is 15.0. The molecule has 3 aromatic rings. The molecule has 0 bridgehead atoms. The molecule has 2 nitrogen and oxygen atoms in total. The Balaban J connectivity index is 2.09. The monoisotopic (exact) mass is 264 g/mol. The van der Waals surface area contributed by atoms with E-state index in [1.165, 1.54) is 33.2 Å². The molecule has 0 amide bonds. The minimum atomic E-state index is 0.578. The molecule has 2 N–H and O–H groups in total. The van der Waals surface area contributed by atoms with Crippen LogP contribution in [0.5, 0.6) is 0 Å². The summed E-state index contributed by atoms with van der Waals surface area (Å²) in [5.41, 5.74) is 12.4. The Kier molecular flexibility index (Phi) is 3.33. The van der Waals surface area contributed by atoms with Crippen LogP contribution in [0, 0.1) is 13.8 Å². The number of aromatic nitrogens is 1. The van der Waals surface area contributed by atoms with Crippen molar-refractivity contribution in [3.63, 3.8) is 0 Å². The van der Waals surface area contributed by atoms with Gasteiger partial charge in [0, 0.05) is 19.3 Å². The lowest BCUT2D eigenvalue weighted by molar-refractivity contribution is 0.823. The molecule has 2 heteroatoms. The molecule has 20 heavy (non-hydrogen) atoms. The molecule has 0 spiro atoms. The van der Waals surface area contributed by atoms with Crippen LogP contribution >= 0.6 is 0 Å². The molecular weight excluding hydrogens is 244 g/mol. The molecule has 0 aliphatic rings. The molecule has 0 radical (unpaired) electrons.